The molecule has 0 spiro atoms. The molecule has 6 aromatic carbocycles. The molecule has 0 atom stereocenters. The van der Waals surface area contributed by atoms with Gasteiger partial charge in [0.25, 0.3) is 0 Å². The minimum Gasteiger partial charge on any atom is -0.497 e. The van der Waals surface area contributed by atoms with E-state index >= 15 is 0 Å². The molecule has 2 aromatic heterocycles. The van der Waals surface area contributed by atoms with Crippen molar-refractivity contribution < 1.29 is 18.9 Å². The number of hydrogen-bond acceptors (Lipinski definition) is 6. The average Bonchev–Trinajstić information content (AvgIpc) is 3.23. The topological polar surface area (TPSA) is 62.7 Å². The summed E-state index contributed by atoms with van der Waals surface area (Å²) in [7, 11) is 3.33. The van der Waals surface area contributed by atoms with E-state index in [1.54, 1.807) is 14.2 Å². The number of para-hydroxylation sites is 2. The zero-order valence-corrected chi connectivity index (χ0v) is 30.9. The highest BCUT2D eigenvalue weighted by molar-refractivity contribution is 6.31. The molecule has 2 aliphatic heterocycles. The Morgan fingerprint density at radius 1 is 0.500 bits per heavy atom. The molecular weight excluding hydrogens is 715 g/mol. The van der Waals surface area contributed by atoms with Gasteiger partial charge in [0, 0.05) is 31.9 Å². The molecule has 2 aliphatic rings. The predicted molar refractivity (Wildman–Crippen MR) is 217 cm³/mol. The third kappa shape index (κ3) is 6.03. The fraction of sp³-hybridized carbons (Fsp3) is 0.0870. The quantitative estimate of drug-likeness (QED) is 0.179. The maximum absolute atomic E-state index is 6.32. The summed E-state index contributed by atoms with van der Waals surface area (Å²) >= 11 is 12.6. The van der Waals surface area contributed by atoms with E-state index in [0.717, 1.165) is 101 Å². The van der Waals surface area contributed by atoms with Crippen LogP contribution in [0.4, 0.5) is 0 Å². The second-order valence-corrected chi connectivity index (χ2v) is 13.9. The van der Waals surface area contributed by atoms with Gasteiger partial charge in [0.2, 0.25) is 0 Å². The summed E-state index contributed by atoms with van der Waals surface area (Å²) in [6.07, 6.45) is 0. The third-order valence-corrected chi connectivity index (χ3v) is 10.3. The Hall–Kier alpha value is -6.08. The van der Waals surface area contributed by atoms with Crippen molar-refractivity contribution in [3.63, 3.8) is 0 Å². The van der Waals surface area contributed by atoms with Gasteiger partial charge in [-0.1, -0.05) is 59.6 Å². The van der Waals surface area contributed by atoms with Crippen LogP contribution >= 0.6 is 23.2 Å². The van der Waals surface area contributed by atoms with Crippen molar-refractivity contribution in [2.45, 2.75) is 13.2 Å². The van der Waals surface area contributed by atoms with Gasteiger partial charge in [-0.2, -0.15) is 0 Å². The number of halogens is 2. The summed E-state index contributed by atoms with van der Waals surface area (Å²) in [6, 6.07) is 43.8. The van der Waals surface area contributed by atoms with E-state index < -0.39 is 0 Å². The Morgan fingerprint density at radius 3 is 1.31 bits per heavy atom. The lowest BCUT2D eigenvalue weighted by atomic mass is 9.91. The molecule has 8 heteroatoms. The van der Waals surface area contributed by atoms with Crippen molar-refractivity contribution in [3.05, 3.63) is 155 Å². The first-order valence-electron chi connectivity index (χ1n) is 17.5. The fourth-order valence-corrected chi connectivity index (χ4v) is 7.54. The minimum atomic E-state index is 0.523. The molecule has 0 saturated heterocycles. The number of aromatic nitrogens is 2. The zero-order chi connectivity index (χ0) is 36.8. The van der Waals surface area contributed by atoms with Crippen LogP contribution in [-0.2, 0) is 13.2 Å². The predicted octanol–water partition coefficient (Wildman–Crippen LogP) is 12.2. The van der Waals surface area contributed by atoms with Crippen LogP contribution in [0.5, 0.6) is 23.0 Å². The van der Waals surface area contributed by atoms with Crippen LogP contribution in [0.15, 0.2) is 133 Å². The van der Waals surface area contributed by atoms with Gasteiger partial charge in [0.05, 0.1) is 47.8 Å². The maximum Gasteiger partial charge on any atom is 0.139 e. The molecule has 0 amide bonds. The number of nitrogens with zero attached hydrogens (tertiary/aromatic N) is 2. The van der Waals surface area contributed by atoms with E-state index in [2.05, 4.69) is 12.1 Å². The molecule has 0 saturated carbocycles. The van der Waals surface area contributed by atoms with Crippen LogP contribution in [0.25, 0.3) is 66.6 Å². The van der Waals surface area contributed by atoms with Gasteiger partial charge >= 0.3 is 0 Å². The molecule has 0 bridgehead atoms. The molecule has 8 aromatic rings. The number of fused-ring (bicyclic) bond motifs is 10. The largest absolute Gasteiger partial charge is 0.497 e. The van der Waals surface area contributed by atoms with Crippen molar-refractivity contribution in [3.8, 4) is 67.8 Å². The van der Waals surface area contributed by atoms with Crippen molar-refractivity contribution in [1.29, 1.82) is 0 Å². The number of methoxy groups -OCH3 is 2. The summed E-state index contributed by atoms with van der Waals surface area (Å²) in [5.74, 6) is 3.35. The first-order chi connectivity index (χ1) is 26.5. The molecule has 0 fully saturated rings. The van der Waals surface area contributed by atoms with E-state index in [1.165, 1.54) is 0 Å². The second-order valence-electron chi connectivity index (χ2n) is 13.0. The highest BCUT2D eigenvalue weighted by atomic mass is 35.5. The van der Waals surface area contributed by atoms with Crippen LogP contribution in [-0.4, -0.2) is 24.2 Å². The lowest BCUT2D eigenvalue weighted by Crippen LogP contribution is -2.08. The number of pyridine rings is 2. The number of rotatable bonds is 4. The molecule has 6 nitrogen and oxygen atoms in total. The van der Waals surface area contributed by atoms with Gasteiger partial charge in [-0.3, -0.25) is 0 Å². The van der Waals surface area contributed by atoms with Crippen LogP contribution in [0.3, 0.4) is 0 Å². The molecular formula is C46H32Cl2N2O4. The van der Waals surface area contributed by atoms with Crippen LogP contribution in [0, 0.1) is 0 Å². The molecule has 0 radical (unpaired) electrons. The lowest BCUT2D eigenvalue weighted by molar-refractivity contribution is 0.306. The molecule has 4 heterocycles. The SMILES string of the molecule is COc1ccc(-c2nc3ccccc3c3c2-c2cc(Cl)ccc2CO3)cc1.COc1ccc(-c2nc3ccccc3c3c2-c2cc(Cl)ccc2CO3)cc1. The summed E-state index contributed by atoms with van der Waals surface area (Å²) in [6.45, 7) is 1.05. The molecule has 0 aliphatic carbocycles. The number of benzene rings is 6. The standard InChI is InChI=1S/2C23H16ClNO2/c2*1-26-17-10-7-14(8-11-17)22-21-19-12-16(24)9-6-15(19)13-27-23(21)18-4-2-3-5-20(18)25-22/h2*2-12H,13H2,1H3. The summed E-state index contributed by atoms with van der Waals surface area (Å²) in [4.78, 5) is 9.96. The Kier molecular flexibility index (Phi) is 8.78. The number of hydrogen-bond donors (Lipinski definition) is 0. The van der Waals surface area contributed by atoms with Crippen molar-refractivity contribution in [2.75, 3.05) is 14.2 Å². The van der Waals surface area contributed by atoms with Gasteiger partial charge in [-0.15, -0.1) is 0 Å². The van der Waals surface area contributed by atoms with Crippen LogP contribution < -0.4 is 18.9 Å². The van der Waals surface area contributed by atoms with Crippen LogP contribution in [0.2, 0.25) is 10.0 Å². The molecule has 10 rings (SSSR count). The first kappa shape index (κ1) is 33.7. The normalized spacial score (nSPS) is 12.2. The van der Waals surface area contributed by atoms with Crippen molar-refractivity contribution >= 4 is 45.0 Å². The zero-order valence-electron chi connectivity index (χ0n) is 29.4. The Labute approximate surface area is 322 Å². The van der Waals surface area contributed by atoms with Gasteiger partial charge < -0.3 is 18.9 Å². The Morgan fingerprint density at radius 2 is 0.907 bits per heavy atom. The second kappa shape index (κ2) is 14.0. The maximum atomic E-state index is 6.32. The van der Waals surface area contributed by atoms with E-state index in [-0.39, 0.29) is 0 Å². The molecule has 0 N–H and O–H groups in total. The van der Waals surface area contributed by atoms with Gasteiger partial charge in [-0.05, 0) is 119 Å². The van der Waals surface area contributed by atoms with Crippen molar-refractivity contribution in [1.82, 2.24) is 9.97 Å². The van der Waals surface area contributed by atoms with E-state index in [0.29, 0.717) is 23.3 Å². The molecule has 0 unspecified atom stereocenters. The van der Waals surface area contributed by atoms with Gasteiger partial charge in [0.1, 0.15) is 36.2 Å². The first-order valence-corrected chi connectivity index (χ1v) is 18.2. The fourth-order valence-electron chi connectivity index (χ4n) is 7.19. The highest BCUT2D eigenvalue weighted by Crippen LogP contribution is 2.49. The average molecular weight is 748 g/mol. The Bertz CT molecular complexity index is 2530. The number of ether oxygens (including phenoxy) is 4. The van der Waals surface area contributed by atoms with E-state index in [1.807, 2.05) is 121 Å². The van der Waals surface area contributed by atoms with E-state index in [9.17, 15) is 0 Å². The monoisotopic (exact) mass is 746 g/mol. The minimum absolute atomic E-state index is 0.523. The summed E-state index contributed by atoms with van der Waals surface area (Å²) in [5.41, 5.74) is 12.0. The van der Waals surface area contributed by atoms with Gasteiger partial charge in [0.15, 0.2) is 0 Å². The third-order valence-electron chi connectivity index (χ3n) is 9.84. The lowest BCUT2D eigenvalue weighted by Gasteiger charge is -2.25. The van der Waals surface area contributed by atoms with E-state index in [4.69, 9.17) is 52.1 Å². The summed E-state index contributed by atoms with van der Waals surface area (Å²) < 4.78 is 23.0. The molecule has 54 heavy (non-hydrogen) atoms. The molecule has 264 valence electrons. The summed E-state index contributed by atoms with van der Waals surface area (Å²) in [5, 5.41) is 3.43. The van der Waals surface area contributed by atoms with Gasteiger partial charge in [-0.25, -0.2) is 9.97 Å². The Balaban J connectivity index is 0.000000142. The highest BCUT2D eigenvalue weighted by Gasteiger charge is 2.27. The van der Waals surface area contributed by atoms with Crippen molar-refractivity contribution in [2.24, 2.45) is 0 Å². The smallest absolute Gasteiger partial charge is 0.139 e. The van der Waals surface area contributed by atoms with Crippen LogP contribution in [0.1, 0.15) is 11.1 Å².